The minimum absolute atomic E-state index is 0.0113. The van der Waals surface area contributed by atoms with E-state index in [2.05, 4.69) is 5.32 Å². The monoisotopic (exact) mass is 446 g/mol. The number of rotatable bonds is 7. The Labute approximate surface area is 179 Å². The third kappa shape index (κ3) is 9.71. The van der Waals surface area contributed by atoms with E-state index in [0.29, 0.717) is 0 Å². The van der Waals surface area contributed by atoms with Gasteiger partial charge in [-0.05, 0) is 57.4 Å². The number of likely N-dealkylation sites (N-methyl/N-ethyl adjacent to an activating group) is 1. The first-order valence-corrected chi connectivity index (χ1v) is 9.70. The van der Waals surface area contributed by atoms with Crippen LogP contribution in [-0.2, 0) is 25.2 Å². The Balaban J connectivity index is 2.79. The summed E-state index contributed by atoms with van der Waals surface area (Å²) in [7, 11) is 1.39. The number of anilines is 1. The number of benzene rings is 1. The first-order valence-electron chi connectivity index (χ1n) is 9.70. The van der Waals surface area contributed by atoms with Gasteiger partial charge in [-0.1, -0.05) is 13.8 Å². The molecule has 1 rings (SSSR count). The van der Waals surface area contributed by atoms with Crippen molar-refractivity contribution in [2.45, 2.75) is 58.9 Å². The van der Waals surface area contributed by atoms with Crippen LogP contribution in [0.15, 0.2) is 24.3 Å². The van der Waals surface area contributed by atoms with Gasteiger partial charge in [0.05, 0.1) is 5.56 Å². The van der Waals surface area contributed by atoms with Gasteiger partial charge in [-0.15, -0.1) is 0 Å². The molecule has 0 fully saturated rings. The van der Waals surface area contributed by atoms with Gasteiger partial charge in [0.1, 0.15) is 12.1 Å². The maximum Gasteiger partial charge on any atom is 0.416 e. The third-order valence-corrected chi connectivity index (χ3v) is 3.83. The Morgan fingerprint density at radius 2 is 1.61 bits per heavy atom. The SMILES string of the molecule is CC(C)C[C@H](OC(=O)Nc1ccc(C(F)(F)F)cc1)C(=O)N(C)CC(=O)OC(C)(C)C. The summed E-state index contributed by atoms with van der Waals surface area (Å²) in [4.78, 5) is 38.0. The van der Waals surface area contributed by atoms with Gasteiger partial charge in [-0.2, -0.15) is 13.2 Å². The molecule has 0 aliphatic heterocycles. The zero-order chi connectivity index (χ0) is 24.0. The predicted octanol–water partition coefficient (Wildman–Crippen LogP) is 4.47. The maximum atomic E-state index is 12.7. The van der Waals surface area contributed by atoms with E-state index in [1.807, 2.05) is 13.8 Å². The van der Waals surface area contributed by atoms with Gasteiger partial charge in [0.15, 0.2) is 6.10 Å². The average Bonchev–Trinajstić information content (AvgIpc) is 2.57. The minimum atomic E-state index is -4.49. The number of carbonyl (C=O) groups excluding carboxylic acids is 3. The molecule has 31 heavy (non-hydrogen) atoms. The van der Waals surface area contributed by atoms with E-state index in [4.69, 9.17) is 9.47 Å². The predicted molar refractivity (Wildman–Crippen MR) is 108 cm³/mol. The van der Waals surface area contributed by atoms with Gasteiger partial charge in [0.2, 0.25) is 0 Å². The highest BCUT2D eigenvalue weighted by molar-refractivity contribution is 5.90. The molecule has 0 saturated carbocycles. The number of nitrogens with zero attached hydrogens (tertiary/aromatic N) is 1. The van der Waals surface area contributed by atoms with Crippen LogP contribution in [-0.4, -0.2) is 48.2 Å². The molecule has 0 unspecified atom stereocenters. The summed E-state index contributed by atoms with van der Waals surface area (Å²) < 4.78 is 48.3. The van der Waals surface area contributed by atoms with E-state index in [1.165, 1.54) is 7.05 Å². The number of carbonyl (C=O) groups is 3. The number of hydrogen-bond donors (Lipinski definition) is 1. The van der Waals surface area contributed by atoms with Crippen LogP contribution in [0.4, 0.5) is 23.7 Å². The van der Waals surface area contributed by atoms with Crippen LogP contribution in [0.25, 0.3) is 0 Å². The molecule has 174 valence electrons. The van der Waals surface area contributed by atoms with Crippen LogP contribution >= 0.6 is 0 Å². The van der Waals surface area contributed by atoms with Crippen LogP contribution in [0.1, 0.15) is 46.6 Å². The summed E-state index contributed by atoms with van der Waals surface area (Å²) in [5.41, 5.74) is -1.49. The third-order valence-electron chi connectivity index (χ3n) is 3.83. The molecule has 0 saturated heterocycles. The van der Waals surface area contributed by atoms with Gasteiger partial charge >= 0.3 is 18.2 Å². The molecule has 0 aromatic heterocycles. The minimum Gasteiger partial charge on any atom is -0.459 e. The largest absolute Gasteiger partial charge is 0.459 e. The summed E-state index contributed by atoms with van der Waals surface area (Å²) in [5.74, 6) is -1.22. The molecule has 2 amide bonds. The first kappa shape index (κ1) is 26.3. The van der Waals surface area contributed by atoms with E-state index in [9.17, 15) is 27.6 Å². The topological polar surface area (TPSA) is 84.9 Å². The molecule has 0 aliphatic rings. The second-order valence-electron chi connectivity index (χ2n) is 8.50. The quantitative estimate of drug-likeness (QED) is 0.625. The van der Waals surface area contributed by atoms with Crippen molar-refractivity contribution < 1.29 is 37.0 Å². The summed E-state index contributed by atoms with van der Waals surface area (Å²) in [5, 5.41) is 2.30. The molecular formula is C21H29F3N2O5. The van der Waals surface area contributed by atoms with Crippen LogP contribution in [0, 0.1) is 5.92 Å². The fraction of sp³-hybridized carbons (Fsp3) is 0.571. The molecular weight excluding hydrogens is 417 g/mol. The van der Waals surface area contributed by atoms with Crippen molar-refractivity contribution in [1.29, 1.82) is 0 Å². The molecule has 0 heterocycles. The Morgan fingerprint density at radius 1 is 1.06 bits per heavy atom. The molecule has 1 N–H and O–H groups in total. The second kappa shape index (κ2) is 10.5. The molecule has 1 atom stereocenters. The smallest absolute Gasteiger partial charge is 0.416 e. The zero-order valence-corrected chi connectivity index (χ0v) is 18.5. The van der Waals surface area contributed by atoms with Crippen molar-refractivity contribution in [1.82, 2.24) is 4.90 Å². The van der Waals surface area contributed by atoms with E-state index >= 15 is 0 Å². The summed E-state index contributed by atoms with van der Waals surface area (Å²) in [6.45, 7) is 8.42. The summed E-state index contributed by atoms with van der Waals surface area (Å²) >= 11 is 0. The van der Waals surface area contributed by atoms with Crippen LogP contribution in [0.3, 0.4) is 0 Å². The average molecular weight is 446 g/mol. The number of esters is 1. The van der Waals surface area contributed by atoms with E-state index in [0.717, 1.165) is 29.2 Å². The van der Waals surface area contributed by atoms with Crippen molar-refractivity contribution >= 4 is 23.7 Å². The number of nitrogens with one attached hydrogen (secondary N) is 1. The van der Waals surface area contributed by atoms with Crippen LogP contribution < -0.4 is 5.32 Å². The standard InChI is InChI=1S/C21H29F3N2O5/c1-13(2)11-16(18(28)26(6)12-17(27)31-20(3,4)5)30-19(29)25-15-9-7-14(8-10-15)21(22,23)24/h7-10,13,16H,11-12H2,1-6H3,(H,25,29)/t16-/m0/s1. The molecule has 0 spiro atoms. The normalized spacial score (nSPS) is 12.8. The van der Waals surface area contributed by atoms with Crippen LogP contribution in [0.5, 0.6) is 0 Å². The Morgan fingerprint density at radius 3 is 2.06 bits per heavy atom. The molecule has 0 radical (unpaired) electrons. The summed E-state index contributed by atoms with van der Waals surface area (Å²) in [6.07, 6.45) is -6.48. The van der Waals surface area contributed by atoms with E-state index < -0.39 is 41.4 Å². The van der Waals surface area contributed by atoms with Crippen molar-refractivity contribution in [3.8, 4) is 0 Å². The number of halogens is 3. The molecule has 7 nitrogen and oxygen atoms in total. The number of amides is 2. The Kier molecular flexibility index (Phi) is 8.89. The highest BCUT2D eigenvalue weighted by Crippen LogP contribution is 2.29. The fourth-order valence-corrected chi connectivity index (χ4v) is 2.54. The van der Waals surface area contributed by atoms with Gasteiger partial charge in [0.25, 0.3) is 5.91 Å². The molecule has 1 aromatic carbocycles. The summed E-state index contributed by atoms with van der Waals surface area (Å²) in [6, 6.07) is 3.80. The molecule has 10 heteroatoms. The lowest BCUT2D eigenvalue weighted by Crippen LogP contribution is -2.43. The maximum absolute atomic E-state index is 12.7. The van der Waals surface area contributed by atoms with Crippen molar-refractivity contribution in [3.63, 3.8) is 0 Å². The van der Waals surface area contributed by atoms with E-state index in [-0.39, 0.29) is 24.6 Å². The lowest BCUT2D eigenvalue weighted by Gasteiger charge is -2.26. The fourth-order valence-electron chi connectivity index (χ4n) is 2.54. The number of ether oxygens (including phenoxy) is 2. The lowest BCUT2D eigenvalue weighted by atomic mass is 10.1. The van der Waals surface area contributed by atoms with Crippen molar-refractivity contribution in [2.24, 2.45) is 5.92 Å². The highest BCUT2D eigenvalue weighted by atomic mass is 19.4. The molecule has 1 aromatic rings. The van der Waals surface area contributed by atoms with Gasteiger partial charge in [-0.3, -0.25) is 14.9 Å². The molecule has 0 bridgehead atoms. The van der Waals surface area contributed by atoms with Gasteiger partial charge in [-0.25, -0.2) is 4.79 Å². The lowest BCUT2D eigenvalue weighted by molar-refractivity contribution is -0.159. The van der Waals surface area contributed by atoms with Crippen molar-refractivity contribution in [3.05, 3.63) is 29.8 Å². The zero-order valence-electron chi connectivity index (χ0n) is 18.5. The highest BCUT2D eigenvalue weighted by Gasteiger charge is 2.31. The Hall–Kier alpha value is -2.78. The van der Waals surface area contributed by atoms with Gasteiger partial charge in [0, 0.05) is 12.7 Å². The van der Waals surface area contributed by atoms with E-state index in [1.54, 1.807) is 20.8 Å². The Bertz CT molecular complexity index is 771. The first-order chi connectivity index (χ1) is 14.1. The molecule has 0 aliphatic carbocycles. The van der Waals surface area contributed by atoms with Gasteiger partial charge < -0.3 is 14.4 Å². The number of hydrogen-bond acceptors (Lipinski definition) is 5. The van der Waals surface area contributed by atoms with Crippen LogP contribution in [0.2, 0.25) is 0 Å². The number of alkyl halides is 3. The van der Waals surface area contributed by atoms with Crippen molar-refractivity contribution in [2.75, 3.05) is 18.9 Å². The second-order valence-corrected chi connectivity index (χ2v) is 8.50.